The Hall–Kier alpha value is -2.45. The Labute approximate surface area is 130 Å². The molecule has 0 aliphatic rings. The van der Waals surface area contributed by atoms with E-state index < -0.39 is 17.0 Å². The summed E-state index contributed by atoms with van der Waals surface area (Å²) in [6, 6.07) is 11.7. The van der Waals surface area contributed by atoms with Crippen molar-refractivity contribution in [3.63, 3.8) is 0 Å². The molecule has 114 valence electrons. The van der Waals surface area contributed by atoms with Gasteiger partial charge in [-0.05, 0) is 11.6 Å². The highest BCUT2D eigenvalue weighted by atomic mass is 32.2. The molecule has 0 radical (unpaired) electrons. The van der Waals surface area contributed by atoms with Crippen molar-refractivity contribution in [1.29, 1.82) is 0 Å². The lowest BCUT2D eigenvalue weighted by molar-refractivity contribution is -0.388. The van der Waals surface area contributed by atoms with Gasteiger partial charge < -0.3 is 5.11 Å². The van der Waals surface area contributed by atoms with Crippen molar-refractivity contribution in [3.8, 4) is 0 Å². The van der Waals surface area contributed by atoms with Crippen LogP contribution in [0.5, 0.6) is 0 Å². The van der Waals surface area contributed by atoms with E-state index in [1.165, 1.54) is 18.3 Å². The van der Waals surface area contributed by atoms with E-state index in [2.05, 4.69) is 4.98 Å². The summed E-state index contributed by atoms with van der Waals surface area (Å²) in [5.41, 5.74) is 0.572. The van der Waals surface area contributed by atoms with Gasteiger partial charge in [-0.1, -0.05) is 30.3 Å². The largest absolute Gasteiger partial charge is 0.479 e. The Morgan fingerprint density at radius 2 is 2.05 bits per heavy atom. The van der Waals surface area contributed by atoms with Gasteiger partial charge in [0, 0.05) is 18.7 Å². The van der Waals surface area contributed by atoms with Crippen LogP contribution < -0.4 is 0 Å². The molecule has 0 spiro atoms. The number of hydrogen-bond acceptors (Lipinski definition) is 6. The second kappa shape index (κ2) is 7.53. The van der Waals surface area contributed by atoms with E-state index in [-0.39, 0.29) is 17.1 Å². The first-order valence-corrected chi connectivity index (χ1v) is 7.01. The molecule has 0 fully saturated rings. The minimum atomic E-state index is -1.14. The van der Waals surface area contributed by atoms with E-state index in [0.717, 1.165) is 5.56 Å². The standard InChI is InChI=1S/C14H12N2O5S/c17-14(18)12(9-10-5-2-1-3-6-10)21-22-13-11(16(19)20)7-4-8-15-13/h1-8,12H,9H2,(H,17,18)/t12-/m0/s1. The van der Waals surface area contributed by atoms with E-state index in [9.17, 15) is 20.0 Å². The van der Waals surface area contributed by atoms with Crippen LogP contribution in [-0.4, -0.2) is 27.1 Å². The van der Waals surface area contributed by atoms with Crippen molar-refractivity contribution in [2.45, 2.75) is 17.6 Å². The highest BCUT2D eigenvalue weighted by Crippen LogP contribution is 2.28. The fraction of sp³-hybridized carbons (Fsp3) is 0.143. The number of pyridine rings is 1. The summed E-state index contributed by atoms with van der Waals surface area (Å²) in [6.07, 6.45) is 0.407. The van der Waals surface area contributed by atoms with E-state index in [0.29, 0.717) is 12.0 Å². The Morgan fingerprint density at radius 3 is 2.68 bits per heavy atom. The topological polar surface area (TPSA) is 103 Å². The monoisotopic (exact) mass is 320 g/mol. The van der Waals surface area contributed by atoms with E-state index in [1.807, 2.05) is 6.07 Å². The fourth-order valence-corrected chi connectivity index (χ4v) is 2.37. The molecular weight excluding hydrogens is 308 g/mol. The zero-order valence-electron chi connectivity index (χ0n) is 11.3. The molecule has 0 amide bonds. The Morgan fingerprint density at radius 1 is 1.32 bits per heavy atom. The van der Waals surface area contributed by atoms with Crippen molar-refractivity contribution in [1.82, 2.24) is 4.98 Å². The maximum Gasteiger partial charge on any atom is 0.334 e. The Kier molecular flexibility index (Phi) is 5.45. The van der Waals surface area contributed by atoms with Gasteiger partial charge in [0.15, 0.2) is 6.10 Å². The van der Waals surface area contributed by atoms with Gasteiger partial charge in [0.1, 0.15) is 0 Å². The summed E-state index contributed by atoms with van der Waals surface area (Å²) in [5, 5.41) is 20.1. The number of aliphatic carboxylic acids is 1. The summed E-state index contributed by atoms with van der Waals surface area (Å²) in [5.74, 6) is -1.14. The molecule has 0 bridgehead atoms. The van der Waals surface area contributed by atoms with Crippen molar-refractivity contribution in [2.24, 2.45) is 0 Å². The molecule has 1 N–H and O–H groups in total. The number of hydrogen-bond donors (Lipinski definition) is 1. The highest BCUT2D eigenvalue weighted by Gasteiger charge is 2.23. The minimum Gasteiger partial charge on any atom is -0.479 e. The molecule has 0 aliphatic carbocycles. The van der Waals surface area contributed by atoms with Crippen molar-refractivity contribution >= 4 is 23.7 Å². The van der Waals surface area contributed by atoms with Crippen LogP contribution in [0.3, 0.4) is 0 Å². The van der Waals surface area contributed by atoms with Gasteiger partial charge in [0.25, 0.3) is 0 Å². The van der Waals surface area contributed by atoms with E-state index >= 15 is 0 Å². The van der Waals surface area contributed by atoms with Crippen LogP contribution in [0.1, 0.15) is 5.56 Å². The summed E-state index contributed by atoms with van der Waals surface area (Å²) < 4.78 is 5.23. The summed E-state index contributed by atoms with van der Waals surface area (Å²) >= 11 is 0.597. The third-order valence-electron chi connectivity index (χ3n) is 2.73. The molecule has 1 aromatic carbocycles. The van der Waals surface area contributed by atoms with Gasteiger partial charge in [-0.3, -0.25) is 14.3 Å². The molecule has 1 atom stereocenters. The molecular formula is C14H12N2O5S. The van der Waals surface area contributed by atoms with Crippen LogP contribution in [0.2, 0.25) is 0 Å². The first kappa shape index (κ1) is 15.9. The lowest BCUT2D eigenvalue weighted by Crippen LogP contribution is -2.24. The maximum absolute atomic E-state index is 11.3. The van der Waals surface area contributed by atoms with Crippen LogP contribution in [0.25, 0.3) is 0 Å². The van der Waals surface area contributed by atoms with Gasteiger partial charge in [-0.15, -0.1) is 0 Å². The van der Waals surface area contributed by atoms with Crippen molar-refractivity contribution in [3.05, 3.63) is 64.3 Å². The molecule has 0 aliphatic heterocycles. The lowest BCUT2D eigenvalue weighted by Gasteiger charge is -2.12. The van der Waals surface area contributed by atoms with Gasteiger partial charge in [-0.25, -0.2) is 9.78 Å². The molecule has 1 aromatic heterocycles. The third-order valence-corrected chi connectivity index (χ3v) is 3.53. The number of nitrogens with zero attached hydrogens (tertiary/aromatic N) is 2. The predicted molar refractivity (Wildman–Crippen MR) is 79.4 cm³/mol. The van der Waals surface area contributed by atoms with E-state index in [4.69, 9.17) is 4.18 Å². The molecule has 8 heteroatoms. The molecule has 2 aromatic rings. The zero-order chi connectivity index (χ0) is 15.9. The molecule has 1 heterocycles. The van der Waals surface area contributed by atoms with Crippen LogP contribution in [0.4, 0.5) is 5.69 Å². The van der Waals surface area contributed by atoms with Gasteiger partial charge in [0.2, 0.25) is 5.03 Å². The zero-order valence-corrected chi connectivity index (χ0v) is 12.1. The van der Waals surface area contributed by atoms with Crippen LogP contribution in [0.15, 0.2) is 53.7 Å². The highest BCUT2D eigenvalue weighted by molar-refractivity contribution is 7.94. The van der Waals surface area contributed by atoms with E-state index in [1.54, 1.807) is 24.3 Å². The molecule has 0 saturated heterocycles. The molecule has 2 rings (SSSR count). The summed E-state index contributed by atoms with van der Waals surface area (Å²) in [7, 11) is 0. The number of nitro groups is 1. The lowest BCUT2D eigenvalue weighted by atomic mass is 10.1. The minimum absolute atomic E-state index is 0.0202. The molecule has 22 heavy (non-hydrogen) atoms. The van der Waals surface area contributed by atoms with Crippen LogP contribution >= 0.6 is 12.0 Å². The van der Waals surface area contributed by atoms with Gasteiger partial charge in [0.05, 0.1) is 17.0 Å². The van der Waals surface area contributed by atoms with Crippen molar-refractivity contribution in [2.75, 3.05) is 0 Å². The molecule has 0 unspecified atom stereocenters. The number of rotatable bonds is 7. The smallest absolute Gasteiger partial charge is 0.334 e. The number of carboxylic acids is 1. The molecule has 0 saturated carbocycles. The normalized spacial score (nSPS) is 11.8. The number of carbonyl (C=O) groups is 1. The van der Waals surface area contributed by atoms with Crippen LogP contribution in [0, 0.1) is 10.1 Å². The average molecular weight is 320 g/mol. The first-order chi connectivity index (χ1) is 10.6. The number of benzene rings is 1. The number of carboxylic acid groups (broad SMARTS) is 1. The Bertz CT molecular complexity index is 665. The van der Waals surface area contributed by atoms with Crippen molar-refractivity contribution < 1.29 is 19.0 Å². The SMILES string of the molecule is O=C(O)[C@H](Cc1ccccc1)OSc1ncccc1[N+](=O)[O-]. The quantitative estimate of drug-likeness (QED) is 0.475. The first-order valence-electron chi connectivity index (χ1n) is 6.27. The maximum atomic E-state index is 11.3. The predicted octanol–water partition coefficient (Wildman–Crippen LogP) is 2.71. The summed E-state index contributed by atoms with van der Waals surface area (Å²) in [6.45, 7) is 0. The van der Waals surface area contributed by atoms with Gasteiger partial charge >= 0.3 is 11.7 Å². The fourth-order valence-electron chi connectivity index (χ4n) is 1.68. The van der Waals surface area contributed by atoms with Crippen LogP contribution in [-0.2, 0) is 15.4 Å². The molecule has 7 nitrogen and oxygen atoms in total. The average Bonchev–Trinajstić information content (AvgIpc) is 2.52. The summed E-state index contributed by atoms with van der Waals surface area (Å²) in [4.78, 5) is 25.4. The second-order valence-electron chi connectivity index (χ2n) is 4.28. The second-order valence-corrected chi connectivity index (χ2v) is 5.03. The van der Waals surface area contributed by atoms with Gasteiger partial charge in [-0.2, -0.15) is 0 Å². The Balaban J connectivity index is 2.07. The number of aromatic nitrogens is 1. The third kappa shape index (κ3) is 4.27.